The van der Waals surface area contributed by atoms with E-state index in [0.717, 1.165) is 36.2 Å². The number of pyridine rings is 1. The molecule has 0 bridgehead atoms. The number of benzene rings is 1. The fraction of sp³-hybridized carbons (Fsp3) is 0.267. The molecule has 2 nitrogen and oxygen atoms in total. The molecule has 0 aliphatic carbocycles. The smallest absolute Gasteiger partial charge is 0.330 e. The highest BCUT2D eigenvalue weighted by Crippen LogP contribution is 2.29. The summed E-state index contributed by atoms with van der Waals surface area (Å²) in [6.45, 7) is 0.641. The highest BCUT2D eigenvalue weighted by Gasteiger charge is 2.30. The van der Waals surface area contributed by atoms with Gasteiger partial charge in [-0.3, -0.25) is 4.98 Å². The molecule has 0 aliphatic heterocycles. The minimum atomic E-state index is -4.35. The van der Waals surface area contributed by atoms with E-state index in [2.05, 4.69) is 4.98 Å². The van der Waals surface area contributed by atoms with Gasteiger partial charge in [-0.15, -0.1) is 0 Å². The zero-order chi connectivity index (χ0) is 14.6. The first-order valence-corrected chi connectivity index (χ1v) is 6.33. The molecule has 1 aromatic carbocycles. The predicted octanol–water partition coefficient (Wildman–Crippen LogP) is 3.66. The van der Waals surface area contributed by atoms with Gasteiger partial charge in [0.25, 0.3) is 0 Å². The minimum absolute atomic E-state index is 0.531. The summed E-state index contributed by atoms with van der Waals surface area (Å²) in [7, 11) is 0. The first-order chi connectivity index (χ1) is 9.50. The quantitative estimate of drug-likeness (QED) is 0.928. The Morgan fingerprint density at radius 2 is 1.70 bits per heavy atom. The van der Waals surface area contributed by atoms with E-state index in [1.165, 1.54) is 6.07 Å². The van der Waals surface area contributed by atoms with Gasteiger partial charge >= 0.3 is 6.18 Å². The van der Waals surface area contributed by atoms with Gasteiger partial charge in [0.15, 0.2) is 0 Å². The van der Waals surface area contributed by atoms with E-state index in [-0.39, 0.29) is 0 Å². The van der Waals surface area contributed by atoms with Crippen molar-refractivity contribution in [2.24, 2.45) is 5.73 Å². The van der Waals surface area contributed by atoms with Crippen molar-refractivity contribution in [3.8, 4) is 11.3 Å². The lowest BCUT2D eigenvalue weighted by Gasteiger charge is -2.07. The monoisotopic (exact) mass is 280 g/mol. The summed E-state index contributed by atoms with van der Waals surface area (Å²) in [5, 5.41) is 0. The molecule has 0 atom stereocenters. The van der Waals surface area contributed by atoms with Gasteiger partial charge in [-0.1, -0.05) is 24.3 Å². The Morgan fingerprint density at radius 1 is 1.00 bits per heavy atom. The van der Waals surface area contributed by atoms with Crippen LogP contribution >= 0.6 is 0 Å². The third-order valence-corrected chi connectivity index (χ3v) is 3.01. The average Bonchev–Trinajstić information content (AvgIpc) is 2.45. The standard InChI is InChI=1S/C15H15F3N2/c16-15(17,18)13-7-8-14(20-10-13)12-5-3-11(4-6-12)2-1-9-19/h3-8,10H,1-2,9,19H2. The second kappa shape index (κ2) is 6.05. The molecule has 2 rings (SSSR count). The van der Waals surface area contributed by atoms with Gasteiger partial charge in [0.05, 0.1) is 11.3 Å². The molecular formula is C15H15F3N2. The van der Waals surface area contributed by atoms with E-state index in [1.54, 1.807) is 0 Å². The van der Waals surface area contributed by atoms with Gasteiger partial charge in [-0.05, 0) is 37.1 Å². The summed E-state index contributed by atoms with van der Waals surface area (Å²) < 4.78 is 37.3. The van der Waals surface area contributed by atoms with Crippen LogP contribution < -0.4 is 5.73 Å². The van der Waals surface area contributed by atoms with Gasteiger partial charge in [-0.25, -0.2) is 0 Å². The van der Waals surface area contributed by atoms with E-state index in [4.69, 9.17) is 5.73 Å². The zero-order valence-electron chi connectivity index (χ0n) is 10.8. The van der Waals surface area contributed by atoms with E-state index in [9.17, 15) is 13.2 Å². The van der Waals surface area contributed by atoms with E-state index in [0.29, 0.717) is 12.2 Å². The first kappa shape index (κ1) is 14.5. The van der Waals surface area contributed by atoms with Crippen LogP contribution in [0.15, 0.2) is 42.6 Å². The number of rotatable bonds is 4. The number of hydrogen-bond acceptors (Lipinski definition) is 2. The van der Waals surface area contributed by atoms with Crippen molar-refractivity contribution in [1.82, 2.24) is 4.98 Å². The third-order valence-electron chi connectivity index (χ3n) is 3.01. The highest BCUT2D eigenvalue weighted by molar-refractivity contribution is 5.59. The van der Waals surface area contributed by atoms with E-state index < -0.39 is 11.7 Å². The topological polar surface area (TPSA) is 38.9 Å². The maximum Gasteiger partial charge on any atom is 0.417 e. The van der Waals surface area contributed by atoms with E-state index >= 15 is 0 Å². The maximum atomic E-state index is 12.4. The van der Waals surface area contributed by atoms with Crippen LogP contribution in [0.25, 0.3) is 11.3 Å². The molecule has 2 aromatic rings. The molecular weight excluding hydrogens is 265 g/mol. The van der Waals surface area contributed by atoms with Crippen molar-refractivity contribution in [1.29, 1.82) is 0 Å². The zero-order valence-corrected chi connectivity index (χ0v) is 10.8. The van der Waals surface area contributed by atoms with Crippen LogP contribution in [0.2, 0.25) is 0 Å². The summed E-state index contributed by atoms with van der Waals surface area (Å²) in [6, 6.07) is 10.1. The van der Waals surface area contributed by atoms with Gasteiger partial charge in [-0.2, -0.15) is 13.2 Å². The molecule has 0 amide bonds. The van der Waals surface area contributed by atoms with Gasteiger partial charge in [0, 0.05) is 11.8 Å². The Kier molecular flexibility index (Phi) is 4.39. The molecule has 0 spiro atoms. The molecule has 1 heterocycles. The molecule has 0 saturated heterocycles. The Bertz CT molecular complexity index is 545. The molecule has 0 saturated carbocycles. The lowest BCUT2D eigenvalue weighted by molar-refractivity contribution is -0.137. The molecule has 20 heavy (non-hydrogen) atoms. The number of hydrogen-bond donors (Lipinski definition) is 1. The van der Waals surface area contributed by atoms with Crippen molar-refractivity contribution in [2.75, 3.05) is 6.54 Å². The Labute approximate surface area is 115 Å². The van der Waals surface area contributed by atoms with Crippen LogP contribution in [0.3, 0.4) is 0 Å². The number of nitrogens with zero attached hydrogens (tertiary/aromatic N) is 1. The normalized spacial score (nSPS) is 11.6. The van der Waals surface area contributed by atoms with Crippen LogP contribution in [-0.4, -0.2) is 11.5 Å². The van der Waals surface area contributed by atoms with Crippen molar-refractivity contribution in [3.05, 3.63) is 53.7 Å². The van der Waals surface area contributed by atoms with Crippen molar-refractivity contribution < 1.29 is 13.2 Å². The molecule has 0 radical (unpaired) electrons. The van der Waals surface area contributed by atoms with Gasteiger partial charge < -0.3 is 5.73 Å². The molecule has 5 heteroatoms. The third kappa shape index (κ3) is 3.57. The molecule has 1 aromatic heterocycles. The second-order valence-corrected chi connectivity index (χ2v) is 4.52. The van der Waals surface area contributed by atoms with Gasteiger partial charge in [0.2, 0.25) is 0 Å². The van der Waals surface area contributed by atoms with Crippen molar-refractivity contribution in [2.45, 2.75) is 19.0 Å². The summed E-state index contributed by atoms with van der Waals surface area (Å²) in [6.07, 6.45) is -1.68. The largest absolute Gasteiger partial charge is 0.417 e. The fourth-order valence-corrected chi connectivity index (χ4v) is 1.88. The Morgan fingerprint density at radius 3 is 2.20 bits per heavy atom. The Hall–Kier alpha value is -1.88. The molecule has 106 valence electrons. The number of halogens is 3. The van der Waals surface area contributed by atoms with Crippen LogP contribution in [0.5, 0.6) is 0 Å². The van der Waals surface area contributed by atoms with E-state index in [1.807, 2.05) is 24.3 Å². The summed E-state index contributed by atoms with van der Waals surface area (Å²) >= 11 is 0. The second-order valence-electron chi connectivity index (χ2n) is 4.52. The summed E-state index contributed by atoms with van der Waals surface area (Å²) in [5.41, 5.74) is 7.20. The average molecular weight is 280 g/mol. The lowest BCUT2D eigenvalue weighted by atomic mass is 10.0. The van der Waals surface area contributed by atoms with Crippen molar-refractivity contribution >= 4 is 0 Å². The van der Waals surface area contributed by atoms with Crippen LogP contribution in [0, 0.1) is 0 Å². The van der Waals surface area contributed by atoms with Crippen molar-refractivity contribution in [3.63, 3.8) is 0 Å². The predicted molar refractivity (Wildman–Crippen MR) is 72.1 cm³/mol. The molecule has 0 unspecified atom stereocenters. The first-order valence-electron chi connectivity index (χ1n) is 6.33. The molecule has 2 N–H and O–H groups in total. The van der Waals surface area contributed by atoms with Crippen LogP contribution in [0.1, 0.15) is 17.5 Å². The van der Waals surface area contributed by atoms with Crippen LogP contribution in [-0.2, 0) is 12.6 Å². The number of alkyl halides is 3. The minimum Gasteiger partial charge on any atom is -0.330 e. The van der Waals surface area contributed by atoms with Gasteiger partial charge in [0.1, 0.15) is 0 Å². The number of aryl methyl sites for hydroxylation is 1. The lowest BCUT2D eigenvalue weighted by Crippen LogP contribution is -2.05. The van der Waals surface area contributed by atoms with Crippen LogP contribution in [0.4, 0.5) is 13.2 Å². The fourth-order valence-electron chi connectivity index (χ4n) is 1.88. The molecule has 0 fully saturated rings. The summed E-state index contributed by atoms with van der Waals surface area (Å²) in [5.74, 6) is 0. The SMILES string of the molecule is NCCCc1ccc(-c2ccc(C(F)(F)F)cn2)cc1. The summed E-state index contributed by atoms with van der Waals surface area (Å²) in [4.78, 5) is 3.87. The number of nitrogens with two attached hydrogens (primary N) is 1. The molecule has 0 aliphatic rings. The Balaban J connectivity index is 2.15. The maximum absolute atomic E-state index is 12.4. The number of aromatic nitrogens is 1. The highest BCUT2D eigenvalue weighted by atomic mass is 19.4.